The van der Waals surface area contributed by atoms with Crippen LogP contribution in [0.15, 0.2) is 0 Å². The van der Waals surface area contributed by atoms with E-state index in [1.807, 2.05) is 4.90 Å². The van der Waals surface area contributed by atoms with Gasteiger partial charge in [0, 0.05) is 25.6 Å². The first-order valence-corrected chi connectivity index (χ1v) is 6.26. The van der Waals surface area contributed by atoms with E-state index in [-0.39, 0.29) is 6.03 Å². The predicted molar refractivity (Wildman–Crippen MR) is 66.1 cm³/mol. The van der Waals surface area contributed by atoms with Crippen LogP contribution in [0.4, 0.5) is 4.79 Å². The zero-order valence-corrected chi connectivity index (χ0v) is 10.2. The quantitative estimate of drug-likeness (QED) is 0.574. The minimum absolute atomic E-state index is 0.0755. The number of urea groups is 1. The molecule has 1 rings (SSSR count). The average Bonchev–Trinajstić information content (AvgIpc) is 2.34. The van der Waals surface area contributed by atoms with Crippen LogP contribution < -0.4 is 5.32 Å². The molecule has 90 valence electrons. The molecule has 1 aliphatic rings. The summed E-state index contributed by atoms with van der Waals surface area (Å²) < 4.78 is 0. The molecule has 3 nitrogen and oxygen atoms in total. The number of nitrogens with zero attached hydrogens (tertiary/aromatic N) is 1. The van der Waals surface area contributed by atoms with Gasteiger partial charge in [-0.25, -0.2) is 4.79 Å². The summed E-state index contributed by atoms with van der Waals surface area (Å²) in [6, 6.07) is 0.0755. The molecule has 16 heavy (non-hydrogen) atoms. The highest BCUT2D eigenvalue weighted by Crippen LogP contribution is 2.15. The number of hydrogen-bond donors (Lipinski definition) is 1. The average molecular weight is 222 g/mol. The van der Waals surface area contributed by atoms with Gasteiger partial charge in [0.05, 0.1) is 0 Å². The van der Waals surface area contributed by atoms with Gasteiger partial charge >= 0.3 is 6.03 Å². The molecule has 0 spiro atoms. The molecule has 1 aliphatic heterocycles. The lowest BCUT2D eigenvalue weighted by Crippen LogP contribution is -2.44. The summed E-state index contributed by atoms with van der Waals surface area (Å²) in [6.45, 7) is 4.55. The second-order valence-electron chi connectivity index (χ2n) is 4.37. The third-order valence-electron chi connectivity index (χ3n) is 3.07. The lowest BCUT2D eigenvalue weighted by Gasteiger charge is -2.29. The number of piperidine rings is 1. The van der Waals surface area contributed by atoms with Crippen LogP contribution in [0, 0.1) is 18.3 Å². The van der Waals surface area contributed by atoms with E-state index in [0.717, 1.165) is 38.9 Å². The number of hydrogen-bond acceptors (Lipinski definition) is 1. The zero-order valence-electron chi connectivity index (χ0n) is 10.2. The van der Waals surface area contributed by atoms with Crippen molar-refractivity contribution in [1.29, 1.82) is 0 Å². The monoisotopic (exact) mass is 222 g/mol. The summed E-state index contributed by atoms with van der Waals surface area (Å²) >= 11 is 0. The van der Waals surface area contributed by atoms with Gasteiger partial charge in [-0.05, 0) is 19.3 Å². The Morgan fingerprint density at radius 3 is 2.69 bits per heavy atom. The molecular formula is C13H22N2O. The van der Waals surface area contributed by atoms with Gasteiger partial charge in [-0.15, -0.1) is 12.3 Å². The number of carbonyl (C=O) groups is 1. The largest absolute Gasteiger partial charge is 0.338 e. The number of rotatable bonds is 4. The summed E-state index contributed by atoms with van der Waals surface area (Å²) in [5.41, 5.74) is 0. The standard InChI is InChI=1S/C13H22N2O/c1-3-5-6-9-14-13(16)15-10-7-12(4-2)8-11-15/h2,12H,3,5-11H2,1H3,(H,14,16). The van der Waals surface area contributed by atoms with Crippen LogP contribution in [0.25, 0.3) is 0 Å². The second kappa shape index (κ2) is 7.16. The summed E-state index contributed by atoms with van der Waals surface area (Å²) in [7, 11) is 0. The molecular weight excluding hydrogens is 200 g/mol. The third kappa shape index (κ3) is 4.14. The molecule has 1 saturated heterocycles. The second-order valence-corrected chi connectivity index (χ2v) is 4.37. The summed E-state index contributed by atoms with van der Waals surface area (Å²) in [5, 5.41) is 2.96. The van der Waals surface area contributed by atoms with Crippen molar-refractivity contribution in [2.45, 2.75) is 39.0 Å². The van der Waals surface area contributed by atoms with E-state index in [9.17, 15) is 4.79 Å². The first-order chi connectivity index (χ1) is 7.77. The van der Waals surface area contributed by atoms with E-state index in [1.165, 1.54) is 12.8 Å². The summed E-state index contributed by atoms with van der Waals surface area (Å²) in [6.07, 6.45) is 10.7. The van der Waals surface area contributed by atoms with Gasteiger partial charge in [-0.2, -0.15) is 0 Å². The Morgan fingerprint density at radius 1 is 1.44 bits per heavy atom. The van der Waals surface area contributed by atoms with Crippen LogP contribution in [-0.4, -0.2) is 30.6 Å². The maximum absolute atomic E-state index is 11.7. The highest BCUT2D eigenvalue weighted by Gasteiger charge is 2.20. The van der Waals surface area contributed by atoms with Gasteiger partial charge in [-0.3, -0.25) is 0 Å². The maximum Gasteiger partial charge on any atom is 0.317 e. The van der Waals surface area contributed by atoms with Crippen LogP contribution in [0.5, 0.6) is 0 Å². The first-order valence-electron chi connectivity index (χ1n) is 6.26. The van der Waals surface area contributed by atoms with Gasteiger partial charge in [0.25, 0.3) is 0 Å². The van der Waals surface area contributed by atoms with Crippen molar-refractivity contribution >= 4 is 6.03 Å². The Morgan fingerprint density at radius 2 is 2.12 bits per heavy atom. The molecule has 1 N–H and O–H groups in total. The predicted octanol–water partition coefficient (Wildman–Crippen LogP) is 2.23. The Bertz CT molecular complexity index is 249. The van der Waals surface area contributed by atoms with Crippen molar-refractivity contribution in [1.82, 2.24) is 10.2 Å². The molecule has 1 heterocycles. The van der Waals surface area contributed by atoms with Crippen molar-refractivity contribution in [3.8, 4) is 12.3 Å². The number of terminal acetylenes is 1. The molecule has 2 amide bonds. The molecule has 0 radical (unpaired) electrons. The molecule has 0 aromatic heterocycles. The van der Waals surface area contributed by atoms with Crippen molar-refractivity contribution in [2.75, 3.05) is 19.6 Å². The summed E-state index contributed by atoms with van der Waals surface area (Å²) in [5.74, 6) is 3.13. The van der Waals surface area contributed by atoms with E-state index >= 15 is 0 Å². The molecule has 0 unspecified atom stereocenters. The van der Waals surface area contributed by atoms with Gasteiger partial charge in [0.1, 0.15) is 0 Å². The first kappa shape index (κ1) is 12.9. The normalized spacial score (nSPS) is 16.9. The SMILES string of the molecule is C#CC1CCN(C(=O)NCCCCC)CC1. The maximum atomic E-state index is 11.7. The minimum atomic E-state index is 0.0755. The zero-order chi connectivity index (χ0) is 11.8. The number of likely N-dealkylation sites (tertiary alicyclic amines) is 1. The molecule has 0 saturated carbocycles. The van der Waals surface area contributed by atoms with Gasteiger partial charge in [0.15, 0.2) is 0 Å². The topological polar surface area (TPSA) is 32.3 Å². The van der Waals surface area contributed by atoms with Gasteiger partial charge in [-0.1, -0.05) is 19.8 Å². The number of amides is 2. The smallest absolute Gasteiger partial charge is 0.317 e. The Balaban J connectivity index is 2.16. The fraction of sp³-hybridized carbons (Fsp3) is 0.769. The van der Waals surface area contributed by atoms with Gasteiger partial charge < -0.3 is 10.2 Å². The minimum Gasteiger partial charge on any atom is -0.338 e. The Labute approximate surface area is 98.6 Å². The molecule has 1 fully saturated rings. The fourth-order valence-electron chi connectivity index (χ4n) is 1.93. The van der Waals surface area contributed by atoms with E-state index < -0.39 is 0 Å². The number of nitrogens with one attached hydrogen (secondary N) is 1. The van der Waals surface area contributed by atoms with E-state index in [2.05, 4.69) is 18.2 Å². The van der Waals surface area contributed by atoms with Crippen molar-refractivity contribution in [2.24, 2.45) is 5.92 Å². The van der Waals surface area contributed by atoms with E-state index in [1.54, 1.807) is 0 Å². The lowest BCUT2D eigenvalue weighted by molar-refractivity contribution is 0.179. The molecule has 0 atom stereocenters. The lowest BCUT2D eigenvalue weighted by atomic mass is 9.98. The van der Waals surface area contributed by atoms with Crippen LogP contribution in [0.3, 0.4) is 0 Å². The Hall–Kier alpha value is -1.17. The third-order valence-corrected chi connectivity index (χ3v) is 3.07. The van der Waals surface area contributed by atoms with Crippen LogP contribution in [-0.2, 0) is 0 Å². The molecule has 0 bridgehead atoms. The van der Waals surface area contributed by atoms with E-state index in [4.69, 9.17) is 6.42 Å². The molecule has 3 heteroatoms. The Kier molecular flexibility index (Phi) is 5.77. The van der Waals surface area contributed by atoms with Crippen molar-refractivity contribution in [3.05, 3.63) is 0 Å². The van der Waals surface area contributed by atoms with Crippen LogP contribution >= 0.6 is 0 Å². The molecule has 0 aromatic rings. The number of carbonyl (C=O) groups excluding carboxylic acids is 1. The van der Waals surface area contributed by atoms with E-state index in [0.29, 0.717) is 5.92 Å². The van der Waals surface area contributed by atoms with Gasteiger partial charge in [0.2, 0.25) is 0 Å². The highest BCUT2D eigenvalue weighted by molar-refractivity contribution is 5.74. The van der Waals surface area contributed by atoms with Crippen LogP contribution in [0.1, 0.15) is 39.0 Å². The fourth-order valence-corrected chi connectivity index (χ4v) is 1.93. The van der Waals surface area contributed by atoms with Crippen molar-refractivity contribution < 1.29 is 4.79 Å². The van der Waals surface area contributed by atoms with Crippen molar-refractivity contribution in [3.63, 3.8) is 0 Å². The molecule has 0 aliphatic carbocycles. The number of unbranched alkanes of at least 4 members (excludes halogenated alkanes) is 2. The van der Waals surface area contributed by atoms with Crippen LogP contribution in [0.2, 0.25) is 0 Å². The highest BCUT2D eigenvalue weighted by atomic mass is 16.2. The summed E-state index contributed by atoms with van der Waals surface area (Å²) in [4.78, 5) is 13.6. The molecule has 0 aromatic carbocycles.